The summed E-state index contributed by atoms with van der Waals surface area (Å²) in [6.45, 7) is 5.00. The maximum absolute atomic E-state index is 8.45. The largest absolute Gasteiger partial charge is 0.409 e. The zero-order valence-electron chi connectivity index (χ0n) is 9.47. The van der Waals surface area contributed by atoms with E-state index in [4.69, 9.17) is 15.5 Å². The molecule has 1 rings (SSSR count). The number of aryl methyl sites for hydroxylation is 1. The second-order valence-electron chi connectivity index (χ2n) is 3.61. The molecule has 0 aliphatic rings. The molecule has 4 N–H and O–H groups in total. The average Bonchev–Trinajstić information content (AvgIpc) is 2.69. The molecule has 0 aromatic carbocycles. The smallest absolute Gasteiger partial charge is 0.223 e. The Morgan fingerprint density at radius 1 is 1.69 bits per heavy atom. The van der Waals surface area contributed by atoms with E-state index in [0.29, 0.717) is 24.7 Å². The molecule has 0 spiro atoms. The number of aromatic nitrogens is 2. The van der Waals surface area contributed by atoms with Crippen molar-refractivity contribution in [2.45, 2.75) is 20.3 Å². The number of nitrogens with zero attached hydrogens (tertiary/aromatic N) is 3. The average molecular weight is 227 g/mol. The molecule has 0 saturated carbocycles. The van der Waals surface area contributed by atoms with Crippen LogP contribution in [0.3, 0.4) is 0 Å². The minimum absolute atomic E-state index is 0.00277. The first-order valence-electron chi connectivity index (χ1n) is 5.10. The summed E-state index contributed by atoms with van der Waals surface area (Å²) in [4.78, 5) is 4.07. The Labute approximate surface area is 93.7 Å². The zero-order valence-corrected chi connectivity index (χ0v) is 9.47. The number of nitrogens with one attached hydrogen (secondary N) is 1. The van der Waals surface area contributed by atoms with Gasteiger partial charge in [0, 0.05) is 32.4 Å². The molecule has 0 fully saturated rings. The zero-order chi connectivity index (χ0) is 12.0. The number of oxime groups is 1. The molecule has 7 nitrogen and oxygen atoms in total. The Morgan fingerprint density at radius 3 is 3.00 bits per heavy atom. The van der Waals surface area contributed by atoms with Gasteiger partial charge in [-0.15, -0.1) is 0 Å². The van der Waals surface area contributed by atoms with Gasteiger partial charge in [-0.25, -0.2) is 0 Å². The van der Waals surface area contributed by atoms with E-state index in [1.165, 1.54) is 0 Å². The van der Waals surface area contributed by atoms with Crippen LogP contribution in [-0.4, -0.2) is 34.3 Å². The summed E-state index contributed by atoms with van der Waals surface area (Å²) in [5, 5.41) is 18.3. The van der Waals surface area contributed by atoms with Crippen molar-refractivity contribution in [3.63, 3.8) is 0 Å². The number of amidine groups is 1. The Kier molecular flexibility index (Phi) is 4.71. The second-order valence-corrected chi connectivity index (χ2v) is 3.61. The fourth-order valence-corrected chi connectivity index (χ4v) is 1.16. The van der Waals surface area contributed by atoms with Crippen LogP contribution in [0, 0.1) is 12.8 Å². The monoisotopic (exact) mass is 227 g/mol. The van der Waals surface area contributed by atoms with Gasteiger partial charge in [0.05, 0.1) is 0 Å². The van der Waals surface area contributed by atoms with Gasteiger partial charge in [-0.3, -0.25) is 0 Å². The lowest BCUT2D eigenvalue weighted by Gasteiger charge is -2.09. The minimum Gasteiger partial charge on any atom is -0.409 e. The lowest BCUT2D eigenvalue weighted by Crippen LogP contribution is -2.32. The fourth-order valence-electron chi connectivity index (χ4n) is 1.16. The molecule has 7 heteroatoms. The van der Waals surface area contributed by atoms with E-state index >= 15 is 0 Å². The van der Waals surface area contributed by atoms with E-state index in [0.717, 1.165) is 6.54 Å². The number of hydrogen-bond acceptors (Lipinski definition) is 6. The highest BCUT2D eigenvalue weighted by Crippen LogP contribution is 1.96. The number of hydrogen-bond donors (Lipinski definition) is 3. The third-order valence-corrected chi connectivity index (χ3v) is 2.17. The summed E-state index contributed by atoms with van der Waals surface area (Å²) in [6, 6.07) is 0. The van der Waals surface area contributed by atoms with Crippen molar-refractivity contribution >= 4 is 5.84 Å². The third kappa shape index (κ3) is 3.85. The molecule has 0 amide bonds. The van der Waals surface area contributed by atoms with Crippen LogP contribution >= 0.6 is 0 Å². The third-order valence-electron chi connectivity index (χ3n) is 2.17. The predicted octanol–water partition coefficient (Wildman–Crippen LogP) is -0.107. The van der Waals surface area contributed by atoms with Gasteiger partial charge in [0.1, 0.15) is 5.84 Å². The normalized spacial score (nSPS) is 14.0. The molecule has 90 valence electrons. The molecule has 1 heterocycles. The van der Waals surface area contributed by atoms with Gasteiger partial charge in [0.25, 0.3) is 0 Å². The SMILES string of the molecule is Cc1nc(CCNCC(C)C(N)=NO)no1. The van der Waals surface area contributed by atoms with E-state index in [-0.39, 0.29) is 11.8 Å². The van der Waals surface area contributed by atoms with Crippen molar-refractivity contribution < 1.29 is 9.73 Å². The standard InChI is InChI=1S/C9H17N5O2/c1-6(9(10)13-15)5-11-4-3-8-12-7(2)16-14-8/h6,11,15H,3-5H2,1-2H3,(H2,10,13). The van der Waals surface area contributed by atoms with Crippen molar-refractivity contribution in [3.05, 3.63) is 11.7 Å². The predicted molar refractivity (Wildman–Crippen MR) is 58.2 cm³/mol. The lowest BCUT2D eigenvalue weighted by atomic mass is 10.1. The van der Waals surface area contributed by atoms with Gasteiger partial charge in [0.15, 0.2) is 5.82 Å². The van der Waals surface area contributed by atoms with E-state index in [9.17, 15) is 0 Å². The molecular weight excluding hydrogens is 210 g/mol. The van der Waals surface area contributed by atoms with Crippen molar-refractivity contribution in [1.82, 2.24) is 15.5 Å². The van der Waals surface area contributed by atoms with Crippen LogP contribution < -0.4 is 11.1 Å². The van der Waals surface area contributed by atoms with E-state index in [2.05, 4.69) is 20.6 Å². The van der Waals surface area contributed by atoms with Crippen molar-refractivity contribution in [1.29, 1.82) is 0 Å². The highest BCUT2D eigenvalue weighted by Gasteiger charge is 2.07. The van der Waals surface area contributed by atoms with Crippen LogP contribution in [-0.2, 0) is 6.42 Å². The van der Waals surface area contributed by atoms with Crippen LogP contribution in [0.15, 0.2) is 9.68 Å². The highest BCUT2D eigenvalue weighted by molar-refractivity contribution is 5.82. The Hall–Kier alpha value is -1.63. The van der Waals surface area contributed by atoms with Crippen LogP contribution in [0.1, 0.15) is 18.6 Å². The second kappa shape index (κ2) is 6.06. The van der Waals surface area contributed by atoms with E-state index in [1.807, 2.05) is 6.92 Å². The molecule has 0 bridgehead atoms. The molecule has 1 aromatic heterocycles. The maximum atomic E-state index is 8.45. The van der Waals surface area contributed by atoms with Crippen LogP contribution in [0.4, 0.5) is 0 Å². The molecule has 0 aliphatic carbocycles. The van der Waals surface area contributed by atoms with Gasteiger partial charge in [-0.05, 0) is 0 Å². The molecular formula is C9H17N5O2. The van der Waals surface area contributed by atoms with E-state index in [1.54, 1.807) is 6.92 Å². The Balaban J connectivity index is 2.17. The summed E-state index contributed by atoms with van der Waals surface area (Å²) in [7, 11) is 0. The van der Waals surface area contributed by atoms with Crippen LogP contribution in [0.5, 0.6) is 0 Å². The van der Waals surface area contributed by atoms with Gasteiger partial charge >= 0.3 is 0 Å². The lowest BCUT2D eigenvalue weighted by molar-refractivity contribution is 0.314. The van der Waals surface area contributed by atoms with Crippen molar-refractivity contribution in [3.8, 4) is 0 Å². The summed E-state index contributed by atoms with van der Waals surface area (Å²) in [6.07, 6.45) is 0.695. The van der Waals surface area contributed by atoms with Gasteiger partial charge in [0.2, 0.25) is 5.89 Å². The molecule has 0 aliphatic heterocycles. The summed E-state index contributed by atoms with van der Waals surface area (Å²) < 4.78 is 4.84. The summed E-state index contributed by atoms with van der Waals surface area (Å²) in [5.41, 5.74) is 5.43. The highest BCUT2D eigenvalue weighted by atomic mass is 16.5. The van der Waals surface area contributed by atoms with Crippen molar-refractivity contribution in [2.24, 2.45) is 16.8 Å². The minimum atomic E-state index is -0.00277. The summed E-state index contributed by atoms with van der Waals surface area (Å²) >= 11 is 0. The van der Waals surface area contributed by atoms with Crippen LogP contribution in [0.2, 0.25) is 0 Å². The summed E-state index contributed by atoms with van der Waals surface area (Å²) in [5.74, 6) is 1.47. The molecule has 0 saturated heterocycles. The van der Waals surface area contributed by atoms with E-state index < -0.39 is 0 Å². The molecule has 16 heavy (non-hydrogen) atoms. The van der Waals surface area contributed by atoms with Crippen molar-refractivity contribution in [2.75, 3.05) is 13.1 Å². The molecule has 0 radical (unpaired) electrons. The van der Waals surface area contributed by atoms with Gasteiger partial charge < -0.3 is 20.8 Å². The number of rotatable bonds is 6. The first kappa shape index (κ1) is 12.4. The first-order chi connectivity index (χ1) is 7.63. The molecule has 1 atom stereocenters. The molecule has 1 aromatic rings. The number of nitrogens with two attached hydrogens (primary N) is 1. The molecule has 1 unspecified atom stereocenters. The maximum Gasteiger partial charge on any atom is 0.223 e. The van der Waals surface area contributed by atoms with Crippen LogP contribution in [0.25, 0.3) is 0 Å². The topological polar surface area (TPSA) is 110 Å². The Morgan fingerprint density at radius 2 is 2.44 bits per heavy atom. The Bertz CT molecular complexity index is 349. The quantitative estimate of drug-likeness (QED) is 0.206. The fraction of sp³-hybridized carbons (Fsp3) is 0.667. The van der Waals surface area contributed by atoms with Gasteiger partial charge in [-0.1, -0.05) is 17.2 Å². The first-order valence-corrected chi connectivity index (χ1v) is 5.10. The van der Waals surface area contributed by atoms with Gasteiger partial charge in [-0.2, -0.15) is 4.98 Å².